The Hall–Kier alpha value is -2.59. The molecule has 1 aromatic heterocycles. The summed E-state index contributed by atoms with van der Waals surface area (Å²) in [6.45, 7) is 4.78. The maximum absolute atomic E-state index is 13.8. The zero-order valence-electron chi connectivity index (χ0n) is 21.8. The highest BCUT2D eigenvalue weighted by Crippen LogP contribution is 2.35. The number of ether oxygens (including phenoxy) is 2. The quantitative estimate of drug-likeness (QED) is 0.295. The molecule has 7 nitrogen and oxygen atoms in total. The van der Waals surface area contributed by atoms with Gasteiger partial charge < -0.3 is 14.4 Å². The molecule has 0 unspecified atom stereocenters. The Balaban J connectivity index is 1.58. The summed E-state index contributed by atoms with van der Waals surface area (Å²) in [4.78, 5) is 16.9. The van der Waals surface area contributed by atoms with E-state index in [1.54, 1.807) is 35.5 Å². The van der Waals surface area contributed by atoms with Crippen LogP contribution < -0.4 is 9.47 Å². The first-order valence-corrected chi connectivity index (χ1v) is 15.3. The molecule has 0 fully saturated rings. The van der Waals surface area contributed by atoms with E-state index < -0.39 is 10.0 Å². The predicted molar refractivity (Wildman–Crippen MR) is 151 cm³/mol. The van der Waals surface area contributed by atoms with Crippen LogP contribution in [-0.4, -0.2) is 56.9 Å². The van der Waals surface area contributed by atoms with E-state index in [1.807, 2.05) is 49.6 Å². The fraction of sp³-hybridized carbons (Fsp3) is 0.393. The monoisotopic (exact) mass is 576 g/mol. The topological polar surface area (TPSA) is 76.2 Å². The smallest absolute Gasteiger partial charge is 0.243 e. The van der Waals surface area contributed by atoms with Gasteiger partial charge in [0.25, 0.3) is 0 Å². The number of sulfonamides is 1. The van der Waals surface area contributed by atoms with Gasteiger partial charge in [-0.25, -0.2) is 8.42 Å². The van der Waals surface area contributed by atoms with Crippen molar-refractivity contribution in [2.75, 3.05) is 33.4 Å². The number of methoxy groups -OCH3 is 1. The molecule has 3 aromatic rings. The van der Waals surface area contributed by atoms with Gasteiger partial charge in [-0.3, -0.25) is 4.79 Å². The lowest BCUT2D eigenvalue weighted by Gasteiger charge is -2.37. The Labute approximate surface area is 234 Å². The van der Waals surface area contributed by atoms with Crippen molar-refractivity contribution in [1.82, 2.24) is 9.21 Å². The molecular formula is C28H33ClN2O5S2. The molecule has 38 heavy (non-hydrogen) atoms. The van der Waals surface area contributed by atoms with Crippen LogP contribution in [0.25, 0.3) is 0 Å². The lowest BCUT2D eigenvalue weighted by atomic mass is 10.0. The van der Waals surface area contributed by atoms with Gasteiger partial charge in [-0.2, -0.15) is 4.31 Å². The standard InChI is InChI=1S/C28H33ClN2O5S2/c1-20(2)12-15-30(38(33,34)22-10-8-21(29)9-11-22)18-28(32)31-16-13-27-23(14-17-37-27)24(31)19-36-26-7-5-4-6-25(26)35-3/h4-11,14,17,20,24H,12-13,15-16,18-19H2,1-3H3/t24-/m0/s1. The van der Waals surface area contributed by atoms with Crippen molar-refractivity contribution in [2.45, 2.75) is 37.6 Å². The molecule has 10 heteroatoms. The summed E-state index contributed by atoms with van der Waals surface area (Å²) in [7, 11) is -2.31. The van der Waals surface area contributed by atoms with Gasteiger partial charge in [0.15, 0.2) is 11.5 Å². The highest BCUT2D eigenvalue weighted by molar-refractivity contribution is 7.89. The van der Waals surface area contributed by atoms with Crippen LogP contribution in [0.15, 0.2) is 64.9 Å². The molecule has 0 saturated carbocycles. The number of carbonyl (C=O) groups excluding carboxylic acids is 1. The second-order valence-corrected chi connectivity index (χ2v) is 13.0. The number of nitrogens with zero attached hydrogens (tertiary/aromatic N) is 2. The van der Waals surface area contributed by atoms with E-state index >= 15 is 0 Å². The first-order chi connectivity index (χ1) is 18.2. The molecule has 2 aromatic carbocycles. The number of thiophene rings is 1. The Bertz CT molecular complexity index is 1340. The summed E-state index contributed by atoms with van der Waals surface area (Å²) in [6.07, 6.45) is 1.36. The molecule has 0 radical (unpaired) electrons. The minimum absolute atomic E-state index is 0.119. The van der Waals surface area contributed by atoms with Crippen LogP contribution in [0, 0.1) is 5.92 Å². The molecule has 0 saturated heterocycles. The van der Waals surface area contributed by atoms with Crippen molar-refractivity contribution in [3.05, 3.63) is 75.4 Å². The maximum atomic E-state index is 13.8. The fourth-order valence-electron chi connectivity index (χ4n) is 4.47. The Morgan fingerprint density at radius 1 is 1.13 bits per heavy atom. The number of benzene rings is 2. The molecule has 1 aliphatic heterocycles. The summed E-state index contributed by atoms with van der Waals surface area (Å²) < 4.78 is 40.0. The van der Waals surface area contributed by atoms with Crippen LogP contribution >= 0.6 is 22.9 Å². The van der Waals surface area contributed by atoms with E-state index in [0.29, 0.717) is 29.5 Å². The highest BCUT2D eigenvalue weighted by atomic mass is 35.5. The van der Waals surface area contributed by atoms with Crippen molar-refractivity contribution in [1.29, 1.82) is 0 Å². The minimum Gasteiger partial charge on any atom is -0.493 e. The van der Waals surface area contributed by atoms with E-state index in [9.17, 15) is 13.2 Å². The summed E-state index contributed by atoms with van der Waals surface area (Å²) in [5.41, 5.74) is 1.04. The van der Waals surface area contributed by atoms with Crippen LogP contribution in [0.1, 0.15) is 36.8 Å². The number of para-hydroxylation sites is 2. The molecule has 0 spiro atoms. The first-order valence-electron chi connectivity index (χ1n) is 12.6. The van der Waals surface area contributed by atoms with Gasteiger partial charge in [0.1, 0.15) is 6.61 Å². The summed E-state index contributed by atoms with van der Waals surface area (Å²) >= 11 is 7.65. The zero-order valence-corrected chi connectivity index (χ0v) is 24.2. The van der Waals surface area contributed by atoms with Gasteiger partial charge >= 0.3 is 0 Å². The van der Waals surface area contributed by atoms with Gasteiger partial charge in [0.05, 0.1) is 24.6 Å². The normalized spacial score (nSPS) is 15.5. The van der Waals surface area contributed by atoms with Crippen molar-refractivity contribution >= 4 is 38.9 Å². The van der Waals surface area contributed by atoms with E-state index in [0.717, 1.165) is 12.0 Å². The summed E-state index contributed by atoms with van der Waals surface area (Å²) in [5, 5.41) is 2.47. The van der Waals surface area contributed by atoms with E-state index in [4.69, 9.17) is 21.1 Å². The molecule has 4 rings (SSSR count). The second kappa shape index (κ2) is 12.5. The van der Waals surface area contributed by atoms with Crippen LogP contribution in [0.4, 0.5) is 0 Å². The van der Waals surface area contributed by atoms with E-state index in [1.165, 1.54) is 21.3 Å². The third-order valence-corrected chi connectivity index (χ3v) is 9.71. The number of amides is 1. The SMILES string of the molecule is COc1ccccc1OC[C@H]1c2ccsc2CCN1C(=O)CN(CCC(C)C)S(=O)(=O)c1ccc(Cl)cc1. The van der Waals surface area contributed by atoms with Gasteiger partial charge in [-0.15, -0.1) is 11.3 Å². The Kier molecular flexibility index (Phi) is 9.36. The summed E-state index contributed by atoms with van der Waals surface area (Å²) in [6, 6.07) is 15.1. The van der Waals surface area contributed by atoms with Crippen molar-refractivity contribution < 1.29 is 22.7 Å². The third kappa shape index (κ3) is 6.51. The lowest BCUT2D eigenvalue weighted by molar-refractivity contribution is -0.135. The molecule has 0 N–H and O–H groups in total. The van der Waals surface area contributed by atoms with Crippen LogP contribution in [0.5, 0.6) is 11.5 Å². The van der Waals surface area contributed by atoms with Gasteiger partial charge in [0, 0.05) is 23.0 Å². The number of halogens is 1. The average Bonchev–Trinajstić information content (AvgIpc) is 3.39. The molecule has 204 valence electrons. The van der Waals surface area contributed by atoms with Gasteiger partial charge in [0.2, 0.25) is 15.9 Å². The summed E-state index contributed by atoms with van der Waals surface area (Å²) in [5.74, 6) is 1.23. The molecule has 0 bridgehead atoms. The van der Waals surface area contributed by atoms with E-state index in [-0.39, 0.29) is 42.5 Å². The zero-order chi connectivity index (χ0) is 27.3. The maximum Gasteiger partial charge on any atom is 0.243 e. The molecule has 1 amide bonds. The molecular weight excluding hydrogens is 544 g/mol. The lowest BCUT2D eigenvalue weighted by Crippen LogP contribution is -2.48. The largest absolute Gasteiger partial charge is 0.493 e. The van der Waals surface area contributed by atoms with E-state index in [2.05, 4.69) is 0 Å². The van der Waals surface area contributed by atoms with Gasteiger partial charge in [-0.1, -0.05) is 37.6 Å². The molecule has 2 heterocycles. The van der Waals surface area contributed by atoms with Crippen LogP contribution in [-0.2, 0) is 21.2 Å². The second-order valence-electron chi connectivity index (χ2n) is 9.59. The van der Waals surface area contributed by atoms with Crippen molar-refractivity contribution in [3.8, 4) is 11.5 Å². The van der Waals surface area contributed by atoms with Crippen molar-refractivity contribution in [3.63, 3.8) is 0 Å². The van der Waals surface area contributed by atoms with Crippen LogP contribution in [0.3, 0.4) is 0 Å². The third-order valence-electron chi connectivity index (χ3n) is 6.60. The first kappa shape index (κ1) is 28.4. The average molecular weight is 577 g/mol. The van der Waals surface area contributed by atoms with Crippen LogP contribution in [0.2, 0.25) is 5.02 Å². The fourth-order valence-corrected chi connectivity index (χ4v) is 6.92. The number of rotatable bonds is 11. The number of hydrogen-bond acceptors (Lipinski definition) is 6. The van der Waals surface area contributed by atoms with Crippen molar-refractivity contribution in [2.24, 2.45) is 5.92 Å². The molecule has 1 atom stereocenters. The van der Waals surface area contributed by atoms with Gasteiger partial charge in [-0.05, 0) is 72.2 Å². The molecule has 1 aliphatic rings. The Morgan fingerprint density at radius 2 is 1.84 bits per heavy atom. The highest BCUT2D eigenvalue weighted by Gasteiger charge is 2.35. The number of fused-ring (bicyclic) bond motifs is 1. The Morgan fingerprint density at radius 3 is 2.53 bits per heavy atom. The predicted octanol–water partition coefficient (Wildman–Crippen LogP) is 5.65. The minimum atomic E-state index is -3.90. The number of hydrogen-bond donors (Lipinski definition) is 0. The molecule has 0 aliphatic carbocycles. The number of carbonyl (C=O) groups is 1.